The van der Waals surface area contributed by atoms with Crippen LogP contribution in [0.25, 0.3) is 0 Å². The molecule has 0 bridgehead atoms. The molecule has 1 N–H and O–H groups in total. The topological polar surface area (TPSA) is 47.6 Å². The van der Waals surface area contributed by atoms with Gasteiger partial charge in [0.25, 0.3) is 5.91 Å². The first kappa shape index (κ1) is 10.2. The lowest BCUT2D eigenvalue weighted by molar-refractivity contribution is -0.190. The Morgan fingerprint density at radius 1 is 1.54 bits per heavy atom. The maximum Gasteiger partial charge on any atom is 0.277 e. The third-order valence-corrected chi connectivity index (χ3v) is 1.61. The first-order valence-electron chi connectivity index (χ1n) is 4.35. The maximum atomic E-state index is 11.3. The highest BCUT2D eigenvalue weighted by molar-refractivity contribution is 5.79. The van der Waals surface area contributed by atoms with Gasteiger partial charge in [-0.3, -0.25) is 4.79 Å². The molecule has 0 aromatic heterocycles. The number of ether oxygens (including phenoxy) is 2. The van der Waals surface area contributed by atoms with Crippen molar-refractivity contribution in [2.75, 3.05) is 19.8 Å². The second-order valence-electron chi connectivity index (χ2n) is 3.10. The second kappa shape index (κ2) is 4.99. The van der Waals surface area contributed by atoms with E-state index in [-0.39, 0.29) is 5.91 Å². The molecular weight excluding hydrogens is 170 g/mol. The summed E-state index contributed by atoms with van der Waals surface area (Å²) in [6, 6.07) is 0. The molecule has 13 heavy (non-hydrogen) atoms. The zero-order valence-corrected chi connectivity index (χ0v) is 7.84. The van der Waals surface area contributed by atoms with Crippen LogP contribution >= 0.6 is 0 Å². The van der Waals surface area contributed by atoms with Gasteiger partial charge in [0.15, 0.2) is 0 Å². The summed E-state index contributed by atoms with van der Waals surface area (Å²) in [6.45, 7) is 7.18. The zero-order valence-electron chi connectivity index (χ0n) is 7.84. The molecule has 1 rings (SSSR count). The largest absolute Gasteiger partial charge is 0.348 e. The van der Waals surface area contributed by atoms with Crippen LogP contribution < -0.4 is 5.32 Å². The minimum absolute atomic E-state index is 0.220. The predicted molar refractivity (Wildman–Crippen MR) is 48.1 cm³/mol. The molecule has 0 spiro atoms. The van der Waals surface area contributed by atoms with Crippen LogP contribution in [0.5, 0.6) is 0 Å². The van der Waals surface area contributed by atoms with Crippen LogP contribution in [-0.4, -0.2) is 32.0 Å². The average molecular weight is 185 g/mol. The monoisotopic (exact) mass is 185 g/mol. The van der Waals surface area contributed by atoms with Gasteiger partial charge in [-0.15, -0.1) is 0 Å². The highest BCUT2D eigenvalue weighted by Crippen LogP contribution is 2.04. The van der Waals surface area contributed by atoms with E-state index >= 15 is 0 Å². The Kier molecular flexibility index (Phi) is 3.92. The Labute approximate surface area is 77.9 Å². The Morgan fingerprint density at radius 2 is 2.15 bits per heavy atom. The number of hydrogen-bond donors (Lipinski definition) is 1. The molecule has 0 aromatic rings. The Bertz CT molecular complexity index is 197. The summed E-state index contributed by atoms with van der Waals surface area (Å²) in [5.74, 6) is -0.220. The van der Waals surface area contributed by atoms with Crippen LogP contribution in [0, 0.1) is 0 Å². The lowest BCUT2D eigenvalue weighted by Crippen LogP contribution is -2.41. The van der Waals surface area contributed by atoms with Crippen molar-refractivity contribution in [2.45, 2.75) is 19.6 Å². The van der Waals surface area contributed by atoms with Crippen LogP contribution in [0.1, 0.15) is 13.3 Å². The van der Waals surface area contributed by atoms with Crippen LogP contribution in [0.2, 0.25) is 0 Å². The second-order valence-corrected chi connectivity index (χ2v) is 3.10. The van der Waals surface area contributed by atoms with Crippen molar-refractivity contribution in [1.29, 1.82) is 0 Å². The fourth-order valence-corrected chi connectivity index (χ4v) is 0.960. The molecule has 4 heteroatoms. The lowest BCUT2D eigenvalue weighted by atomic mass is 10.3. The molecule has 1 aliphatic rings. The molecule has 0 radical (unpaired) electrons. The van der Waals surface area contributed by atoms with E-state index in [4.69, 9.17) is 9.47 Å². The smallest absolute Gasteiger partial charge is 0.277 e. The molecule has 0 saturated carbocycles. The van der Waals surface area contributed by atoms with E-state index in [0.29, 0.717) is 19.8 Å². The third-order valence-electron chi connectivity index (χ3n) is 1.61. The summed E-state index contributed by atoms with van der Waals surface area (Å²) < 4.78 is 10.2. The number of hydrogen-bond acceptors (Lipinski definition) is 3. The van der Waals surface area contributed by atoms with Crippen LogP contribution in [0.3, 0.4) is 0 Å². The SMILES string of the molecule is C=C(C)CNC(=O)C1OCCCO1. The molecular formula is C9H15NO3. The van der Waals surface area contributed by atoms with Gasteiger partial charge >= 0.3 is 0 Å². The van der Waals surface area contributed by atoms with Gasteiger partial charge in [0, 0.05) is 6.54 Å². The van der Waals surface area contributed by atoms with Crippen molar-refractivity contribution in [2.24, 2.45) is 0 Å². The zero-order chi connectivity index (χ0) is 9.68. The highest BCUT2D eigenvalue weighted by atomic mass is 16.7. The molecule has 1 aliphatic heterocycles. The summed E-state index contributed by atoms with van der Waals surface area (Å²) in [7, 11) is 0. The molecule has 0 aromatic carbocycles. The van der Waals surface area contributed by atoms with Crippen molar-refractivity contribution in [3.8, 4) is 0 Å². The van der Waals surface area contributed by atoms with Gasteiger partial charge in [0.05, 0.1) is 13.2 Å². The molecule has 1 fully saturated rings. The van der Waals surface area contributed by atoms with Crippen LogP contribution in [-0.2, 0) is 14.3 Å². The number of carbonyl (C=O) groups excluding carboxylic acids is 1. The van der Waals surface area contributed by atoms with Crippen molar-refractivity contribution in [3.63, 3.8) is 0 Å². The molecule has 0 unspecified atom stereocenters. The number of carbonyl (C=O) groups is 1. The highest BCUT2D eigenvalue weighted by Gasteiger charge is 2.21. The van der Waals surface area contributed by atoms with Crippen LogP contribution in [0.4, 0.5) is 0 Å². The standard InChI is InChI=1S/C9H15NO3/c1-7(2)6-10-8(11)9-12-4-3-5-13-9/h9H,1,3-6H2,2H3,(H,10,11). The molecule has 0 aliphatic carbocycles. The van der Waals surface area contributed by atoms with Gasteiger partial charge in [-0.05, 0) is 13.3 Å². The fourth-order valence-electron chi connectivity index (χ4n) is 0.960. The van der Waals surface area contributed by atoms with E-state index in [1.165, 1.54) is 0 Å². The van der Waals surface area contributed by atoms with Gasteiger partial charge < -0.3 is 14.8 Å². The molecule has 1 saturated heterocycles. The minimum Gasteiger partial charge on any atom is -0.348 e. The quantitative estimate of drug-likeness (QED) is 0.649. The molecule has 4 nitrogen and oxygen atoms in total. The average Bonchev–Trinajstić information content (AvgIpc) is 2.15. The van der Waals surface area contributed by atoms with Crippen LogP contribution in [0.15, 0.2) is 12.2 Å². The Hall–Kier alpha value is -0.870. The molecule has 0 atom stereocenters. The normalized spacial score (nSPS) is 18.2. The van der Waals surface area contributed by atoms with Crippen molar-refractivity contribution in [3.05, 3.63) is 12.2 Å². The van der Waals surface area contributed by atoms with E-state index < -0.39 is 6.29 Å². The van der Waals surface area contributed by atoms with E-state index in [9.17, 15) is 4.79 Å². The van der Waals surface area contributed by atoms with E-state index in [0.717, 1.165) is 12.0 Å². The summed E-state index contributed by atoms with van der Waals surface area (Å²) in [6.07, 6.45) is 0.123. The number of nitrogens with one attached hydrogen (secondary N) is 1. The van der Waals surface area contributed by atoms with E-state index in [1.807, 2.05) is 6.92 Å². The van der Waals surface area contributed by atoms with Gasteiger partial charge in [-0.1, -0.05) is 12.2 Å². The summed E-state index contributed by atoms with van der Waals surface area (Å²) in [5, 5.41) is 2.66. The van der Waals surface area contributed by atoms with Crippen molar-refractivity contribution in [1.82, 2.24) is 5.32 Å². The summed E-state index contributed by atoms with van der Waals surface area (Å²) in [5.41, 5.74) is 0.907. The fraction of sp³-hybridized carbons (Fsp3) is 0.667. The first-order chi connectivity index (χ1) is 6.20. The van der Waals surface area contributed by atoms with E-state index in [1.54, 1.807) is 0 Å². The lowest BCUT2D eigenvalue weighted by Gasteiger charge is -2.22. The summed E-state index contributed by atoms with van der Waals surface area (Å²) >= 11 is 0. The Morgan fingerprint density at radius 3 is 2.69 bits per heavy atom. The third kappa shape index (κ3) is 3.57. The number of rotatable bonds is 3. The van der Waals surface area contributed by atoms with Gasteiger partial charge in [0.2, 0.25) is 6.29 Å². The number of amides is 1. The predicted octanol–water partition coefficient (Wildman–Crippen LogP) is 0.442. The Balaban J connectivity index is 2.25. The first-order valence-corrected chi connectivity index (χ1v) is 4.35. The van der Waals surface area contributed by atoms with Gasteiger partial charge in [-0.25, -0.2) is 0 Å². The summed E-state index contributed by atoms with van der Waals surface area (Å²) in [4.78, 5) is 11.3. The van der Waals surface area contributed by atoms with Gasteiger partial charge in [-0.2, -0.15) is 0 Å². The molecule has 74 valence electrons. The van der Waals surface area contributed by atoms with Crippen molar-refractivity contribution >= 4 is 5.91 Å². The maximum absolute atomic E-state index is 11.3. The van der Waals surface area contributed by atoms with Gasteiger partial charge in [0.1, 0.15) is 0 Å². The van der Waals surface area contributed by atoms with Crippen molar-refractivity contribution < 1.29 is 14.3 Å². The van der Waals surface area contributed by atoms with E-state index in [2.05, 4.69) is 11.9 Å². The minimum atomic E-state index is -0.729. The molecule has 1 amide bonds. The molecule has 1 heterocycles.